The smallest absolute Gasteiger partial charge is 0.273 e. The Bertz CT molecular complexity index is 439. The summed E-state index contributed by atoms with van der Waals surface area (Å²) in [6, 6.07) is 0. The Morgan fingerprint density at radius 1 is 1.58 bits per heavy atom. The molecule has 19 heavy (non-hydrogen) atoms. The van der Waals surface area contributed by atoms with Crippen molar-refractivity contribution in [3.8, 4) is 0 Å². The molecular weight excluding hydrogens is 262 g/mol. The van der Waals surface area contributed by atoms with Crippen molar-refractivity contribution in [1.82, 2.24) is 9.88 Å². The fourth-order valence-electron chi connectivity index (χ4n) is 2.17. The van der Waals surface area contributed by atoms with Gasteiger partial charge in [-0.2, -0.15) is 0 Å². The first kappa shape index (κ1) is 14.3. The fraction of sp³-hybridized carbons (Fsp3) is 0.692. The molecule has 0 spiro atoms. The highest BCUT2D eigenvalue weighted by atomic mass is 32.1. The van der Waals surface area contributed by atoms with Crippen LogP contribution in [0.15, 0.2) is 5.38 Å². The topological polar surface area (TPSA) is 65.5 Å². The third kappa shape index (κ3) is 3.25. The average Bonchev–Trinajstić information content (AvgIpc) is 2.88. The molecule has 0 atom stereocenters. The van der Waals surface area contributed by atoms with Gasteiger partial charge in [-0.25, -0.2) is 4.98 Å². The van der Waals surface area contributed by atoms with Crippen LogP contribution < -0.4 is 5.32 Å². The molecule has 1 aliphatic rings. The number of nitrogens with zero attached hydrogens (tertiary/aromatic N) is 2. The van der Waals surface area contributed by atoms with Gasteiger partial charge in [0.25, 0.3) is 5.91 Å². The van der Waals surface area contributed by atoms with Crippen LogP contribution in [-0.4, -0.2) is 47.1 Å². The van der Waals surface area contributed by atoms with Crippen molar-refractivity contribution in [2.24, 2.45) is 5.41 Å². The van der Waals surface area contributed by atoms with Gasteiger partial charge in [-0.3, -0.25) is 4.79 Å². The van der Waals surface area contributed by atoms with Crippen molar-refractivity contribution in [1.29, 1.82) is 0 Å². The molecule has 0 radical (unpaired) electrons. The van der Waals surface area contributed by atoms with E-state index in [0.29, 0.717) is 18.8 Å². The maximum absolute atomic E-state index is 12.3. The first-order chi connectivity index (χ1) is 9.08. The van der Waals surface area contributed by atoms with E-state index in [1.807, 2.05) is 11.8 Å². The molecule has 1 saturated heterocycles. The van der Waals surface area contributed by atoms with Gasteiger partial charge in [0.1, 0.15) is 5.69 Å². The zero-order valence-corrected chi connectivity index (χ0v) is 12.3. The van der Waals surface area contributed by atoms with Crippen molar-refractivity contribution in [3.05, 3.63) is 11.1 Å². The highest BCUT2D eigenvalue weighted by Gasteiger charge is 2.32. The molecule has 1 aromatic rings. The number of carbonyl (C=O) groups excluding carboxylic acids is 1. The summed E-state index contributed by atoms with van der Waals surface area (Å²) in [6.45, 7) is 6.47. The summed E-state index contributed by atoms with van der Waals surface area (Å²) in [4.78, 5) is 18.4. The zero-order valence-electron chi connectivity index (χ0n) is 11.5. The van der Waals surface area contributed by atoms with Gasteiger partial charge in [0.05, 0.1) is 0 Å². The lowest BCUT2D eigenvalue weighted by atomic mass is 9.81. The summed E-state index contributed by atoms with van der Waals surface area (Å²) in [5, 5.41) is 15.0. The van der Waals surface area contributed by atoms with Crippen LogP contribution in [0, 0.1) is 5.41 Å². The Hall–Kier alpha value is -1.14. The Labute approximate surface area is 117 Å². The number of anilines is 1. The summed E-state index contributed by atoms with van der Waals surface area (Å²) in [7, 11) is 0. The molecule has 2 heterocycles. The van der Waals surface area contributed by atoms with Gasteiger partial charge >= 0.3 is 0 Å². The van der Waals surface area contributed by atoms with Crippen LogP contribution in [0.25, 0.3) is 0 Å². The van der Waals surface area contributed by atoms with E-state index < -0.39 is 0 Å². The lowest BCUT2D eigenvalue weighted by Crippen LogP contribution is -2.43. The summed E-state index contributed by atoms with van der Waals surface area (Å²) >= 11 is 1.46. The molecule has 2 N–H and O–H groups in total. The molecule has 5 nitrogen and oxygen atoms in total. The normalized spacial score (nSPS) is 18.4. The monoisotopic (exact) mass is 283 g/mol. The van der Waals surface area contributed by atoms with E-state index in [-0.39, 0.29) is 17.9 Å². The van der Waals surface area contributed by atoms with Gasteiger partial charge in [-0.05, 0) is 25.2 Å². The van der Waals surface area contributed by atoms with E-state index in [2.05, 4.69) is 17.2 Å². The number of aliphatic hydroxyl groups excluding tert-OH is 1. The first-order valence-electron chi connectivity index (χ1n) is 6.67. The van der Waals surface area contributed by atoms with Crippen LogP contribution in [0.4, 0.5) is 5.13 Å². The second-order valence-corrected chi connectivity index (χ2v) is 6.19. The van der Waals surface area contributed by atoms with E-state index in [1.165, 1.54) is 11.3 Å². The minimum absolute atomic E-state index is 0.000364. The number of amides is 1. The van der Waals surface area contributed by atoms with Gasteiger partial charge < -0.3 is 15.3 Å². The number of aromatic nitrogens is 1. The maximum Gasteiger partial charge on any atom is 0.273 e. The second kappa shape index (κ2) is 5.88. The number of likely N-dealkylation sites (tertiary alicyclic amines) is 1. The molecule has 1 fully saturated rings. The number of aliphatic hydroxyl groups is 1. The number of nitrogens with one attached hydrogen (secondary N) is 1. The molecule has 2 rings (SSSR count). The van der Waals surface area contributed by atoms with Crippen LogP contribution in [0.5, 0.6) is 0 Å². The van der Waals surface area contributed by atoms with Crippen LogP contribution in [0.1, 0.15) is 37.2 Å². The molecule has 1 aromatic heterocycles. The summed E-state index contributed by atoms with van der Waals surface area (Å²) < 4.78 is 0. The van der Waals surface area contributed by atoms with Crippen molar-refractivity contribution >= 4 is 22.4 Å². The standard InChI is InChI=1S/C13H21N3O2S/c1-3-14-12-15-10(8-19-12)11(18)16-6-4-13(2,9-17)5-7-16/h8,17H,3-7,9H2,1-2H3,(H,14,15). The van der Waals surface area contributed by atoms with E-state index in [9.17, 15) is 9.90 Å². The molecule has 6 heteroatoms. The van der Waals surface area contributed by atoms with Crippen LogP contribution >= 0.6 is 11.3 Å². The molecule has 1 amide bonds. The van der Waals surface area contributed by atoms with Crippen LogP contribution in [0.3, 0.4) is 0 Å². The molecule has 0 aromatic carbocycles. The fourth-order valence-corrected chi connectivity index (χ4v) is 2.93. The first-order valence-corrected chi connectivity index (χ1v) is 7.55. The Kier molecular flexibility index (Phi) is 4.42. The molecule has 0 aliphatic carbocycles. The summed E-state index contributed by atoms with van der Waals surface area (Å²) in [6.07, 6.45) is 1.69. The van der Waals surface area contributed by atoms with Gasteiger partial charge in [0, 0.05) is 31.6 Å². The highest BCUT2D eigenvalue weighted by Crippen LogP contribution is 2.30. The predicted octanol–water partition coefficient (Wildman–Crippen LogP) is 1.81. The number of thiazole rings is 1. The lowest BCUT2D eigenvalue weighted by molar-refractivity contribution is 0.0436. The molecular formula is C13H21N3O2S. The zero-order chi connectivity index (χ0) is 13.9. The molecule has 0 unspecified atom stereocenters. The molecule has 0 saturated carbocycles. The Balaban J connectivity index is 1.97. The Morgan fingerprint density at radius 2 is 2.26 bits per heavy atom. The summed E-state index contributed by atoms with van der Waals surface area (Å²) in [5.74, 6) is 0.000364. The van der Waals surface area contributed by atoms with Crippen molar-refractivity contribution in [2.45, 2.75) is 26.7 Å². The molecule has 106 valence electrons. The third-order valence-corrected chi connectivity index (χ3v) is 4.49. The number of hydrogen-bond acceptors (Lipinski definition) is 5. The van der Waals surface area contributed by atoms with Crippen molar-refractivity contribution < 1.29 is 9.90 Å². The van der Waals surface area contributed by atoms with E-state index in [1.54, 1.807) is 5.38 Å². The SMILES string of the molecule is CCNc1nc(C(=O)N2CCC(C)(CO)CC2)cs1. The van der Waals surface area contributed by atoms with Gasteiger partial charge in [-0.15, -0.1) is 11.3 Å². The van der Waals surface area contributed by atoms with Crippen molar-refractivity contribution in [2.75, 3.05) is 31.6 Å². The third-order valence-electron chi connectivity index (χ3n) is 3.69. The van der Waals surface area contributed by atoms with Gasteiger partial charge in [-0.1, -0.05) is 6.92 Å². The number of piperidine rings is 1. The highest BCUT2D eigenvalue weighted by molar-refractivity contribution is 7.13. The van der Waals surface area contributed by atoms with E-state index >= 15 is 0 Å². The quantitative estimate of drug-likeness (QED) is 0.884. The largest absolute Gasteiger partial charge is 0.396 e. The molecule has 0 bridgehead atoms. The van der Waals surface area contributed by atoms with Gasteiger partial charge in [0.15, 0.2) is 5.13 Å². The minimum Gasteiger partial charge on any atom is -0.396 e. The number of rotatable bonds is 4. The molecule has 1 aliphatic heterocycles. The number of hydrogen-bond donors (Lipinski definition) is 2. The second-order valence-electron chi connectivity index (χ2n) is 5.33. The van der Waals surface area contributed by atoms with Crippen LogP contribution in [0.2, 0.25) is 0 Å². The Morgan fingerprint density at radius 3 is 2.84 bits per heavy atom. The van der Waals surface area contributed by atoms with E-state index in [4.69, 9.17) is 0 Å². The maximum atomic E-state index is 12.3. The van der Waals surface area contributed by atoms with E-state index in [0.717, 1.165) is 24.5 Å². The van der Waals surface area contributed by atoms with Crippen LogP contribution in [-0.2, 0) is 0 Å². The summed E-state index contributed by atoms with van der Waals surface area (Å²) in [5.41, 5.74) is 0.488. The number of carbonyl (C=O) groups is 1. The lowest BCUT2D eigenvalue weighted by Gasteiger charge is -2.37. The average molecular weight is 283 g/mol. The van der Waals surface area contributed by atoms with Gasteiger partial charge in [0.2, 0.25) is 0 Å². The minimum atomic E-state index is -0.0339. The predicted molar refractivity (Wildman–Crippen MR) is 76.6 cm³/mol. The van der Waals surface area contributed by atoms with Crippen molar-refractivity contribution in [3.63, 3.8) is 0 Å².